The molecule has 0 fully saturated rings. The van der Waals surface area contributed by atoms with Crippen LogP contribution in [0.3, 0.4) is 0 Å². The van der Waals surface area contributed by atoms with Crippen molar-refractivity contribution < 1.29 is 22.4 Å². The molecule has 4 aromatic rings. The van der Waals surface area contributed by atoms with Gasteiger partial charge in [0.1, 0.15) is 11.1 Å². The van der Waals surface area contributed by atoms with E-state index in [-0.39, 0.29) is 10.5 Å². The number of carbonyl (C=O) groups is 1. The number of nitrogens with two attached hydrogens (primary N) is 1. The van der Waals surface area contributed by atoms with E-state index >= 15 is 0 Å². The molecular weight excluding hydrogens is 454 g/mol. The largest absolute Gasteiger partial charge is 0.422 e. The number of hydrogen-bond donors (Lipinski definition) is 1. The first-order valence-electron chi connectivity index (χ1n) is 9.64. The first kappa shape index (κ1) is 22.1. The van der Waals surface area contributed by atoms with E-state index in [1.165, 1.54) is 18.2 Å². The number of hydrogen-bond acceptors (Lipinski definition) is 7. The normalized spacial score (nSPS) is 12.6. The molecule has 2 aromatic heterocycles. The number of sulfonamides is 1. The lowest BCUT2D eigenvalue weighted by Gasteiger charge is -2.06. The third-order valence-corrected chi connectivity index (χ3v) is 6.67. The Labute approximate surface area is 186 Å². The molecule has 32 heavy (non-hydrogen) atoms. The van der Waals surface area contributed by atoms with Gasteiger partial charge in [-0.3, -0.25) is 4.79 Å². The molecule has 2 heterocycles. The molecule has 0 saturated carbocycles. The van der Waals surface area contributed by atoms with E-state index in [4.69, 9.17) is 14.3 Å². The number of benzene rings is 2. The van der Waals surface area contributed by atoms with Crippen molar-refractivity contribution in [2.24, 2.45) is 10.1 Å². The number of rotatable bonds is 6. The lowest BCUT2D eigenvalue weighted by atomic mass is 10.2. The highest BCUT2D eigenvalue weighted by Crippen LogP contribution is 2.21. The van der Waals surface area contributed by atoms with E-state index in [1.54, 1.807) is 34.9 Å². The van der Waals surface area contributed by atoms with Crippen molar-refractivity contribution in [3.63, 3.8) is 0 Å². The smallest absolute Gasteiger partial charge is 0.349 e. The van der Waals surface area contributed by atoms with Gasteiger partial charge in [-0.2, -0.15) is 4.99 Å². The van der Waals surface area contributed by atoms with E-state index in [1.807, 2.05) is 6.92 Å². The van der Waals surface area contributed by atoms with Crippen molar-refractivity contribution >= 4 is 48.5 Å². The van der Waals surface area contributed by atoms with E-state index < -0.39 is 21.6 Å². The van der Waals surface area contributed by atoms with Crippen LogP contribution in [0.4, 0.5) is 0 Å². The molecule has 0 saturated heterocycles. The van der Waals surface area contributed by atoms with Gasteiger partial charge in [0, 0.05) is 18.5 Å². The monoisotopic (exact) mass is 473 g/mol. The van der Waals surface area contributed by atoms with Crippen LogP contribution in [0.15, 0.2) is 67.6 Å². The second-order valence-corrected chi connectivity index (χ2v) is 9.38. The molecule has 0 unspecified atom stereocenters. The Bertz CT molecular complexity index is 1560. The van der Waals surface area contributed by atoms with Crippen LogP contribution in [-0.4, -0.2) is 32.1 Å². The average molecular weight is 474 g/mol. The van der Waals surface area contributed by atoms with Crippen molar-refractivity contribution in [1.29, 1.82) is 0 Å². The minimum atomic E-state index is -3.89. The number of nitrogens with zero attached hydrogens (tertiary/aromatic N) is 2. The fourth-order valence-corrected chi connectivity index (χ4v) is 4.90. The van der Waals surface area contributed by atoms with Crippen LogP contribution in [0, 0.1) is 0 Å². The fourth-order valence-electron chi connectivity index (χ4n) is 3.19. The Morgan fingerprint density at radius 3 is 2.75 bits per heavy atom. The van der Waals surface area contributed by atoms with Crippen LogP contribution < -0.4 is 15.6 Å². The first-order valence-corrected chi connectivity index (χ1v) is 12.0. The zero-order valence-electron chi connectivity index (χ0n) is 17.0. The van der Waals surface area contributed by atoms with Gasteiger partial charge in [-0.1, -0.05) is 29.5 Å². The summed E-state index contributed by atoms with van der Waals surface area (Å²) in [4.78, 5) is 29.6. The minimum Gasteiger partial charge on any atom is -0.422 e. The second kappa shape index (κ2) is 8.79. The number of carbonyl (C=O) groups excluding carboxylic acids is 1. The molecule has 0 aliphatic rings. The summed E-state index contributed by atoms with van der Waals surface area (Å²) in [5.74, 6) is -0.757. The van der Waals surface area contributed by atoms with Crippen molar-refractivity contribution in [1.82, 2.24) is 4.57 Å². The van der Waals surface area contributed by atoms with Gasteiger partial charge in [-0.05, 0) is 37.3 Å². The molecule has 0 radical (unpaired) electrons. The maximum absolute atomic E-state index is 12.9. The highest BCUT2D eigenvalue weighted by Gasteiger charge is 2.16. The van der Waals surface area contributed by atoms with Crippen LogP contribution in [0.1, 0.15) is 17.3 Å². The molecule has 0 bridgehead atoms. The van der Waals surface area contributed by atoms with Crippen LogP contribution in [0.5, 0.6) is 0 Å². The molecule has 166 valence electrons. The molecule has 0 aliphatic carbocycles. The van der Waals surface area contributed by atoms with Gasteiger partial charge in [-0.15, -0.1) is 0 Å². The Kier molecular flexibility index (Phi) is 6.07. The van der Waals surface area contributed by atoms with E-state index in [0.717, 1.165) is 11.3 Å². The van der Waals surface area contributed by atoms with Gasteiger partial charge in [0.2, 0.25) is 10.0 Å². The molecule has 2 N–H and O–H groups in total. The van der Waals surface area contributed by atoms with Crippen LogP contribution in [-0.2, 0) is 21.3 Å². The number of thiazole rings is 1. The highest BCUT2D eigenvalue weighted by molar-refractivity contribution is 7.89. The minimum absolute atomic E-state index is 0.0451. The predicted molar refractivity (Wildman–Crippen MR) is 120 cm³/mol. The van der Waals surface area contributed by atoms with Crippen LogP contribution in [0.2, 0.25) is 0 Å². The third-order valence-electron chi connectivity index (χ3n) is 4.72. The second-order valence-electron chi connectivity index (χ2n) is 6.81. The maximum atomic E-state index is 12.9. The van der Waals surface area contributed by atoms with E-state index in [9.17, 15) is 18.0 Å². The molecule has 1 amide bonds. The molecule has 0 spiro atoms. The Hall–Kier alpha value is -3.12. The molecule has 9 nitrogen and oxygen atoms in total. The number of ether oxygens (including phenoxy) is 1. The maximum Gasteiger partial charge on any atom is 0.349 e. The summed E-state index contributed by atoms with van der Waals surface area (Å²) in [6, 6.07) is 12.7. The fraction of sp³-hybridized carbons (Fsp3) is 0.190. The summed E-state index contributed by atoms with van der Waals surface area (Å²) < 4.78 is 36.4. The zero-order valence-corrected chi connectivity index (χ0v) is 18.6. The summed E-state index contributed by atoms with van der Waals surface area (Å²) in [5, 5.41) is 5.84. The Morgan fingerprint density at radius 2 is 2.00 bits per heavy atom. The first-order chi connectivity index (χ1) is 15.3. The van der Waals surface area contributed by atoms with Crippen LogP contribution >= 0.6 is 11.3 Å². The summed E-state index contributed by atoms with van der Waals surface area (Å²) in [5.41, 5.74) is 0.0658. The number of para-hydroxylation sites is 1. The molecule has 4 rings (SSSR count). The SMILES string of the molecule is CCOCCn1c(=NC(=O)c2cc3ccccc3oc2=O)sc2cc(S(N)(=O)=O)ccc21. The van der Waals surface area contributed by atoms with E-state index in [0.29, 0.717) is 45.7 Å². The van der Waals surface area contributed by atoms with Gasteiger partial charge in [0.05, 0.1) is 21.7 Å². The number of fused-ring (bicyclic) bond motifs is 2. The number of amides is 1. The van der Waals surface area contributed by atoms with Crippen LogP contribution in [0.25, 0.3) is 21.2 Å². The van der Waals surface area contributed by atoms with Crippen molar-refractivity contribution in [3.05, 3.63) is 69.3 Å². The third kappa shape index (κ3) is 4.41. The van der Waals surface area contributed by atoms with Gasteiger partial charge in [0.25, 0.3) is 5.91 Å². The molecule has 0 atom stereocenters. The lowest BCUT2D eigenvalue weighted by molar-refractivity contribution is 0.0993. The molecule has 0 aliphatic heterocycles. The summed E-state index contributed by atoms with van der Waals surface area (Å²) in [7, 11) is -3.89. The lowest BCUT2D eigenvalue weighted by Crippen LogP contribution is -2.21. The summed E-state index contributed by atoms with van der Waals surface area (Å²) in [6.07, 6.45) is 0. The van der Waals surface area contributed by atoms with Crippen molar-refractivity contribution in [2.75, 3.05) is 13.2 Å². The van der Waals surface area contributed by atoms with Gasteiger partial charge < -0.3 is 13.7 Å². The number of aromatic nitrogens is 1. The van der Waals surface area contributed by atoms with Gasteiger partial charge in [-0.25, -0.2) is 18.4 Å². The topological polar surface area (TPSA) is 134 Å². The predicted octanol–water partition coefficient (Wildman–Crippen LogP) is 2.23. The standard InChI is InChI=1S/C21H19N3O6S2/c1-2-29-10-9-24-16-8-7-14(32(22,27)28)12-18(16)31-21(24)23-19(25)15-11-13-5-3-4-6-17(13)30-20(15)26/h3-8,11-12H,2,9-10H2,1H3,(H2,22,27,28). The average Bonchev–Trinajstić information content (AvgIpc) is 3.09. The van der Waals surface area contributed by atoms with Gasteiger partial charge in [0.15, 0.2) is 4.80 Å². The molecule has 11 heteroatoms. The number of primary sulfonamides is 1. The van der Waals surface area contributed by atoms with Gasteiger partial charge >= 0.3 is 5.63 Å². The quantitative estimate of drug-likeness (QED) is 0.337. The summed E-state index contributed by atoms with van der Waals surface area (Å²) in [6.45, 7) is 3.12. The Morgan fingerprint density at radius 1 is 1.22 bits per heavy atom. The van der Waals surface area contributed by atoms with Crippen molar-refractivity contribution in [3.8, 4) is 0 Å². The highest BCUT2D eigenvalue weighted by atomic mass is 32.2. The van der Waals surface area contributed by atoms with Crippen molar-refractivity contribution in [2.45, 2.75) is 18.4 Å². The summed E-state index contributed by atoms with van der Waals surface area (Å²) >= 11 is 1.11. The zero-order chi connectivity index (χ0) is 22.9. The Balaban J connectivity index is 1.86. The van der Waals surface area contributed by atoms with E-state index in [2.05, 4.69) is 4.99 Å². The molecule has 2 aromatic carbocycles. The molecular formula is C21H19N3O6S2.